The first-order chi connectivity index (χ1) is 8.34. The van der Waals surface area contributed by atoms with E-state index in [0.29, 0.717) is 12.5 Å². The van der Waals surface area contributed by atoms with E-state index in [9.17, 15) is 4.79 Å². The van der Waals surface area contributed by atoms with E-state index in [2.05, 4.69) is 22.8 Å². The average Bonchev–Trinajstić information content (AvgIpc) is 2.88. The van der Waals surface area contributed by atoms with E-state index < -0.39 is 0 Å². The van der Waals surface area contributed by atoms with Gasteiger partial charge in [-0.05, 0) is 31.4 Å². The van der Waals surface area contributed by atoms with Crippen molar-refractivity contribution < 1.29 is 4.79 Å². The van der Waals surface area contributed by atoms with Gasteiger partial charge < -0.3 is 10.6 Å². The summed E-state index contributed by atoms with van der Waals surface area (Å²) in [6.07, 6.45) is 3.81. The monoisotopic (exact) mass is 232 g/mol. The number of hydrogen-bond acceptors (Lipinski definition) is 2. The van der Waals surface area contributed by atoms with E-state index in [1.165, 1.54) is 18.4 Å². The van der Waals surface area contributed by atoms with Crippen LogP contribution in [0.15, 0.2) is 30.3 Å². The van der Waals surface area contributed by atoms with Crippen LogP contribution in [0.5, 0.6) is 0 Å². The first-order valence-electron chi connectivity index (χ1n) is 6.38. The molecule has 1 aliphatic heterocycles. The summed E-state index contributed by atoms with van der Waals surface area (Å²) in [7, 11) is 0. The van der Waals surface area contributed by atoms with E-state index in [-0.39, 0.29) is 5.91 Å². The normalized spacial score (nSPS) is 19.2. The molecular weight excluding hydrogens is 212 g/mol. The summed E-state index contributed by atoms with van der Waals surface area (Å²) >= 11 is 0. The van der Waals surface area contributed by atoms with Gasteiger partial charge >= 0.3 is 0 Å². The molecule has 3 heteroatoms. The van der Waals surface area contributed by atoms with Gasteiger partial charge in [-0.2, -0.15) is 0 Å². The zero-order chi connectivity index (χ0) is 11.9. The van der Waals surface area contributed by atoms with Gasteiger partial charge in [0.15, 0.2) is 0 Å². The Kier molecular flexibility index (Phi) is 4.56. The van der Waals surface area contributed by atoms with Crippen molar-refractivity contribution in [3.05, 3.63) is 35.9 Å². The molecule has 0 bridgehead atoms. The smallest absolute Gasteiger partial charge is 0.220 e. The quantitative estimate of drug-likeness (QED) is 0.807. The van der Waals surface area contributed by atoms with E-state index in [4.69, 9.17) is 0 Å². The molecule has 0 saturated carbocycles. The second-order valence-corrected chi connectivity index (χ2v) is 4.58. The number of aryl methyl sites for hydroxylation is 1. The highest BCUT2D eigenvalue weighted by molar-refractivity contribution is 5.76. The van der Waals surface area contributed by atoms with Crippen LogP contribution in [0.25, 0.3) is 0 Å². The molecule has 1 fully saturated rings. The Labute approximate surface area is 103 Å². The van der Waals surface area contributed by atoms with Crippen LogP contribution in [0.3, 0.4) is 0 Å². The van der Waals surface area contributed by atoms with Gasteiger partial charge in [-0.15, -0.1) is 0 Å². The van der Waals surface area contributed by atoms with Crippen LogP contribution in [0, 0.1) is 0 Å². The van der Waals surface area contributed by atoms with Crippen molar-refractivity contribution in [2.75, 3.05) is 13.1 Å². The molecule has 1 amide bonds. The van der Waals surface area contributed by atoms with Crippen LogP contribution in [0.4, 0.5) is 0 Å². The van der Waals surface area contributed by atoms with Crippen molar-refractivity contribution in [3.63, 3.8) is 0 Å². The lowest BCUT2D eigenvalue weighted by molar-refractivity contribution is -0.121. The maximum absolute atomic E-state index is 11.6. The molecule has 0 aliphatic carbocycles. The highest BCUT2D eigenvalue weighted by atomic mass is 16.1. The minimum absolute atomic E-state index is 0.155. The number of hydrogen-bond donors (Lipinski definition) is 2. The molecule has 3 nitrogen and oxygen atoms in total. The molecule has 1 aromatic rings. The fraction of sp³-hybridized carbons (Fsp3) is 0.500. The Morgan fingerprint density at radius 3 is 2.88 bits per heavy atom. The standard InChI is InChI=1S/C14H20N2O/c17-14(16-11-13-7-4-10-15-13)9-8-12-5-2-1-3-6-12/h1-3,5-6,13,15H,4,7-11H2,(H,16,17). The molecule has 2 rings (SSSR count). The minimum atomic E-state index is 0.155. The second kappa shape index (κ2) is 6.40. The number of nitrogens with one attached hydrogen (secondary N) is 2. The SMILES string of the molecule is O=C(CCc1ccccc1)NCC1CCCN1. The van der Waals surface area contributed by atoms with Crippen LogP contribution < -0.4 is 10.6 Å². The summed E-state index contributed by atoms with van der Waals surface area (Å²) in [6.45, 7) is 1.86. The Balaban J connectivity index is 1.64. The average molecular weight is 232 g/mol. The largest absolute Gasteiger partial charge is 0.355 e. The zero-order valence-corrected chi connectivity index (χ0v) is 10.1. The van der Waals surface area contributed by atoms with Gasteiger partial charge in [0, 0.05) is 19.0 Å². The number of carbonyl (C=O) groups excluding carboxylic acids is 1. The van der Waals surface area contributed by atoms with E-state index in [0.717, 1.165) is 19.5 Å². The van der Waals surface area contributed by atoms with E-state index in [1.54, 1.807) is 0 Å². The van der Waals surface area contributed by atoms with Gasteiger partial charge in [0.25, 0.3) is 0 Å². The molecule has 0 radical (unpaired) electrons. The predicted octanol–water partition coefficient (Wildman–Crippen LogP) is 1.49. The molecule has 0 aromatic heterocycles. The molecule has 92 valence electrons. The van der Waals surface area contributed by atoms with Gasteiger partial charge in [0.2, 0.25) is 5.91 Å². The number of rotatable bonds is 5. The lowest BCUT2D eigenvalue weighted by Gasteiger charge is -2.11. The molecule has 1 heterocycles. The lowest BCUT2D eigenvalue weighted by Crippen LogP contribution is -2.37. The Hall–Kier alpha value is -1.35. The molecule has 1 saturated heterocycles. The molecule has 17 heavy (non-hydrogen) atoms. The van der Waals surface area contributed by atoms with Crippen LogP contribution in [-0.4, -0.2) is 25.0 Å². The maximum atomic E-state index is 11.6. The highest BCUT2D eigenvalue weighted by Crippen LogP contribution is 2.04. The molecule has 1 aromatic carbocycles. The summed E-state index contributed by atoms with van der Waals surface area (Å²) in [5.41, 5.74) is 1.22. The molecule has 1 aliphatic rings. The van der Waals surface area contributed by atoms with Gasteiger partial charge in [0.05, 0.1) is 0 Å². The molecule has 2 N–H and O–H groups in total. The third kappa shape index (κ3) is 4.19. The first kappa shape index (κ1) is 12.1. The van der Waals surface area contributed by atoms with Crippen molar-refractivity contribution in [3.8, 4) is 0 Å². The number of carbonyl (C=O) groups is 1. The van der Waals surface area contributed by atoms with Crippen molar-refractivity contribution in [1.29, 1.82) is 0 Å². The van der Waals surface area contributed by atoms with Crippen molar-refractivity contribution in [2.45, 2.75) is 31.7 Å². The van der Waals surface area contributed by atoms with Gasteiger partial charge in [-0.25, -0.2) is 0 Å². The molecule has 1 atom stereocenters. The fourth-order valence-corrected chi connectivity index (χ4v) is 2.16. The number of amides is 1. The highest BCUT2D eigenvalue weighted by Gasteiger charge is 2.14. The van der Waals surface area contributed by atoms with E-state index >= 15 is 0 Å². The van der Waals surface area contributed by atoms with Gasteiger partial charge in [-0.3, -0.25) is 4.79 Å². The van der Waals surface area contributed by atoms with Crippen LogP contribution in [0.2, 0.25) is 0 Å². The lowest BCUT2D eigenvalue weighted by atomic mass is 10.1. The van der Waals surface area contributed by atoms with Gasteiger partial charge in [0.1, 0.15) is 0 Å². The Morgan fingerprint density at radius 1 is 1.35 bits per heavy atom. The Bertz CT molecular complexity index is 344. The fourth-order valence-electron chi connectivity index (χ4n) is 2.16. The van der Waals surface area contributed by atoms with Crippen LogP contribution >= 0.6 is 0 Å². The molecule has 1 unspecified atom stereocenters. The van der Waals surface area contributed by atoms with Crippen molar-refractivity contribution in [2.24, 2.45) is 0 Å². The Morgan fingerprint density at radius 2 is 2.18 bits per heavy atom. The summed E-state index contributed by atoms with van der Waals surface area (Å²) in [5.74, 6) is 0.155. The van der Waals surface area contributed by atoms with Gasteiger partial charge in [-0.1, -0.05) is 30.3 Å². The molecular formula is C14H20N2O. The molecule has 0 spiro atoms. The van der Waals surface area contributed by atoms with Crippen molar-refractivity contribution >= 4 is 5.91 Å². The minimum Gasteiger partial charge on any atom is -0.355 e. The topological polar surface area (TPSA) is 41.1 Å². The third-order valence-electron chi connectivity index (χ3n) is 3.19. The first-order valence-corrected chi connectivity index (χ1v) is 6.38. The third-order valence-corrected chi connectivity index (χ3v) is 3.19. The summed E-state index contributed by atoms with van der Waals surface area (Å²) in [4.78, 5) is 11.6. The van der Waals surface area contributed by atoms with Crippen LogP contribution in [0.1, 0.15) is 24.8 Å². The predicted molar refractivity (Wildman–Crippen MR) is 68.8 cm³/mol. The number of benzene rings is 1. The zero-order valence-electron chi connectivity index (χ0n) is 10.1. The van der Waals surface area contributed by atoms with Crippen molar-refractivity contribution in [1.82, 2.24) is 10.6 Å². The maximum Gasteiger partial charge on any atom is 0.220 e. The summed E-state index contributed by atoms with van der Waals surface area (Å²) in [6, 6.07) is 10.6. The van der Waals surface area contributed by atoms with Crippen LogP contribution in [-0.2, 0) is 11.2 Å². The second-order valence-electron chi connectivity index (χ2n) is 4.58. The summed E-state index contributed by atoms with van der Waals surface area (Å²) in [5, 5.41) is 6.36. The summed E-state index contributed by atoms with van der Waals surface area (Å²) < 4.78 is 0. The van der Waals surface area contributed by atoms with E-state index in [1.807, 2.05) is 18.2 Å².